The lowest BCUT2D eigenvalue weighted by Gasteiger charge is -2.26. The molecular formula is C18H24N4O2. The number of anilines is 1. The highest BCUT2D eigenvalue weighted by molar-refractivity contribution is 6.08. The number of nitrogen functional groups attached to an aromatic ring is 1. The number of fused-ring (bicyclic) bond motifs is 1. The maximum absolute atomic E-state index is 12.5. The minimum Gasteiger partial charge on any atom is -0.398 e. The van der Waals surface area contributed by atoms with E-state index in [1.807, 2.05) is 25.1 Å². The molecular weight excluding hydrogens is 304 g/mol. The molecule has 24 heavy (non-hydrogen) atoms. The lowest BCUT2D eigenvalue weighted by molar-refractivity contribution is 0.0374. The van der Waals surface area contributed by atoms with Crippen LogP contribution in [0.15, 0.2) is 24.4 Å². The number of amides is 1. The van der Waals surface area contributed by atoms with Crippen molar-refractivity contribution in [3.05, 3.63) is 35.7 Å². The average molecular weight is 328 g/mol. The summed E-state index contributed by atoms with van der Waals surface area (Å²) in [6.45, 7) is 7.11. The minimum absolute atomic E-state index is 0.146. The van der Waals surface area contributed by atoms with E-state index in [1.54, 1.807) is 6.20 Å². The standard InChI is InChI=1S/C18H24N4O2/c1-13-11-15-14(16(19)12-13)3-5-20-17(15)18(23)21-4-2-6-22-7-9-24-10-8-22/h3,5,11-12H,2,4,6-10,19H2,1H3,(H,21,23). The number of ether oxygens (including phenoxy) is 1. The molecule has 3 rings (SSSR count). The predicted octanol–water partition coefficient (Wildman–Crippen LogP) is 1.58. The van der Waals surface area contributed by atoms with Gasteiger partial charge >= 0.3 is 0 Å². The highest BCUT2D eigenvalue weighted by atomic mass is 16.5. The summed E-state index contributed by atoms with van der Waals surface area (Å²) in [4.78, 5) is 19.1. The van der Waals surface area contributed by atoms with Gasteiger partial charge in [0.1, 0.15) is 5.69 Å². The van der Waals surface area contributed by atoms with E-state index in [4.69, 9.17) is 10.5 Å². The van der Waals surface area contributed by atoms with Crippen molar-refractivity contribution in [3.8, 4) is 0 Å². The molecule has 1 amide bonds. The van der Waals surface area contributed by atoms with E-state index in [9.17, 15) is 4.79 Å². The molecule has 2 heterocycles. The van der Waals surface area contributed by atoms with Gasteiger partial charge in [-0.2, -0.15) is 0 Å². The Bertz CT molecular complexity index is 726. The molecule has 1 saturated heterocycles. The Labute approximate surface area is 142 Å². The number of benzene rings is 1. The number of rotatable bonds is 5. The van der Waals surface area contributed by atoms with Crippen LogP contribution in [0.4, 0.5) is 5.69 Å². The highest BCUT2D eigenvalue weighted by Gasteiger charge is 2.14. The van der Waals surface area contributed by atoms with Crippen molar-refractivity contribution in [2.24, 2.45) is 0 Å². The van der Waals surface area contributed by atoms with Crippen LogP contribution in [0, 0.1) is 6.92 Å². The molecule has 0 saturated carbocycles. The molecule has 0 bridgehead atoms. The summed E-state index contributed by atoms with van der Waals surface area (Å²) in [6.07, 6.45) is 2.55. The maximum atomic E-state index is 12.5. The first-order valence-corrected chi connectivity index (χ1v) is 8.38. The van der Waals surface area contributed by atoms with Crippen molar-refractivity contribution >= 4 is 22.4 Å². The van der Waals surface area contributed by atoms with Gasteiger partial charge in [-0.3, -0.25) is 14.7 Å². The van der Waals surface area contributed by atoms with E-state index in [2.05, 4.69) is 15.2 Å². The number of hydrogen-bond donors (Lipinski definition) is 2. The highest BCUT2D eigenvalue weighted by Crippen LogP contribution is 2.24. The smallest absolute Gasteiger partial charge is 0.270 e. The fourth-order valence-electron chi connectivity index (χ4n) is 3.06. The number of nitrogens with zero attached hydrogens (tertiary/aromatic N) is 2. The minimum atomic E-state index is -0.146. The average Bonchev–Trinajstić information content (AvgIpc) is 2.59. The topological polar surface area (TPSA) is 80.5 Å². The molecule has 1 fully saturated rings. The molecule has 0 radical (unpaired) electrons. The van der Waals surface area contributed by atoms with Gasteiger partial charge in [0.15, 0.2) is 0 Å². The van der Waals surface area contributed by atoms with Gasteiger partial charge in [0.2, 0.25) is 0 Å². The molecule has 1 aliphatic heterocycles. The summed E-state index contributed by atoms with van der Waals surface area (Å²) in [6, 6.07) is 5.72. The summed E-state index contributed by atoms with van der Waals surface area (Å²) in [5, 5.41) is 4.65. The molecule has 1 aliphatic rings. The van der Waals surface area contributed by atoms with Crippen molar-refractivity contribution in [1.29, 1.82) is 0 Å². The quantitative estimate of drug-likeness (QED) is 0.643. The van der Waals surface area contributed by atoms with Gasteiger partial charge in [0.05, 0.1) is 13.2 Å². The molecule has 6 nitrogen and oxygen atoms in total. The van der Waals surface area contributed by atoms with Gasteiger partial charge in [0, 0.05) is 42.3 Å². The lowest BCUT2D eigenvalue weighted by Crippen LogP contribution is -2.38. The van der Waals surface area contributed by atoms with E-state index < -0.39 is 0 Å². The van der Waals surface area contributed by atoms with Gasteiger partial charge in [-0.15, -0.1) is 0 Å². The van der Waals surface area contributed by atoms with Crippen molar-refractivity contribution in [2.45, 2.75) is 13.3 Å². The SMILES string of the molecule is Cc1cc(N)c2ccnc(C(=O)NCCCN3CCOCC3)c2c1. The largest absolute Gasteiger partial charge is 0.398 e. The third-order valence-electron chi connectivity index (χ3n) is 4.31. The Morgan fingerprint density at radius 2 is 2.12 bits per heavy atom. The predicted molar refractivity (Wildman–Crippen MR) is 95.1 cm³/mol. The van der Waals surface area contributed by atoms with Gasteiger partial charge in [-0.1, -0.05) is 0 Å². The van der Waals surface area contributed by atoms with Crippen LogP contribution in [0.5, 0.6) is 0 Å². The summed E-state index contributed by atoms with van der Waals surface area (Å²) in [7, 11) is 0. The first kappa shape index (κ1) is 16.7. The van der Waals surface area contributed by atoms with Crippen LogP contribution >= 0.6 is 0 Å². The van der Waals surface area contributed by atoms with Crippen LogP contribution in [-0.2, 0) is 4.74 Å². The third-order valence-corrected chi connectivity index (χ3v) is 4.31. The Hall–Kier alpha value is -2.18. The number of nitrogens with one attached hydrogen (secondary N) is 1. The fraction of sp³-hybridized carbons (Fsp3) is 0.444. The summed E-state index contributed by atoms with van der Waals surface area (Å²) in [5.74, 6) is -0.146. The number of pyridine rings is 1. The zero-order valence-electron chi connectivity index (χ0n) is 14.0. The molecule has 6 heteroatoms. The molecule has 0 spiro atoms. The van der Waals surface area contributed by atoms with Crippen LogP contribution in [0.25, 0.3) is 10.8 Å². The number of carbonyl (C=O) groups is 1. The molecule has 1 aromatic carbocycles. The molecule has 128 valence electrons. The number of morpholine rings is 1. The molecule has 0 atom stereocenters. The van der Waals surface area contributed by atoms with E-state index in [0.29, 0.717) is 17.9 Å². The Balaban J connectivity index is 1.61. The summed E-state index contributed by atoms with van der Waals surface area (Å²) in [5.41, 5.74) is 8.19. The number of aromatic nitrogens is 1. The fourth-order valence-corrected chi connectivity index (χ4v) is 3.06. The van der Waals surface area contributed by atoms with E-state index in [1.165, 1.54) is 0 Å². The zero-order chi connectivity index (χ0) is 16.9. The number of hydrogen-bond acceptors (Lipinski definition) is 5. The van der Waals surface area contributed by atoms with Crippen molar-refractivity contribution in [1.82, 2.24) is 15.2 Å². The van der Waals surface area contributed by atoms with Crippen LogP contribution in [0.3, 0.4) is 0 Å². The number of carbonyl (C=O) groups excluding carboxylic acids is 1. The molecule has 0 aliphatic carbocycles. The number of nitrogens with two attached hydrogens (primary N) is 1. The monoisotopic (exact) mass is 328 g/mol. The van der Waals surface area contributed by atoms with E-state index in [0.717, 1.165) is 55.6 Å². The third kappa shape index (κ3) is 3.83. The molecule has 3 N–H and O–H groups in total. The van der Waals surface area contributed by atoms with Crippen molar-refractivity contribution in [3.63, 3.8) is 0 Å². The van der Waals surface area contributed by atoms with Crippen LogP contribution < -0.4 is 11.1 Å². The number of aryl methyl sites for hydroxylation is 1. The van der Waals surface area contributed by atoms with Gasteiger partial charge in [-0.05, 0) is 43.7 Å². The van der Waals surface area contributed by atoms with E-state index >= 15 is 0 Å². The first-order chi connectivity index (χ1) is 11.6. The van der Waals surface area contributed by atoms with Crippen molar-refractivity contribution < 1.29 is 9.53 Å². The zero-order valence-corrected chi connectivity index (χ0v) is 14.0. The molecule has 1 aromatic heterocycles. The normalized spacial score (nSPS) is 15.5. The summed E-state index contributed by atoms with van der Waals surface area (Å²) < 4.78 is 5.33. The van der Waals surface area contributed by atoms with Gasteiger partial charge in [-0.25, -0.2) is 0 Å². The second-order valence-corrected chi connectivity index (χ2v) is 6.17. The van der Waals surface area contributed by atoms with Crippen LogP contribution in [0.1, 0.15) is 22.5 Å². The Morgan fingerprint density at radius 3 is 2.92 bits per heavy atom. The van der Waals surface area contributed by atoms with Crippen molar-refractivity contribution in [2.75, 3.05) is 45.1 Å². The Kier molecular flexibility index (Phi) is 5.27. The van der Waals surface area contributed by atoms with E-state index in [-0.39, 0.29) is 5.91 Å². The Morgan fingerprint density at radius 1 is 1.33 bits per heavy atom. The molecule has 0 unspecified atom stereocenters. The molecule has 2 aromatic rings. The van der Waals surface area contributed by atoms with Crippen LogP contribution in [-0.4, -0.2) is 55.2 Å². The second kappa shape index (κ2) is 7.59. The summed E-state index contributed by atoms with van der Waals surface area (Å²) >= 11 is 0. The van der Waals surface area contributed by atoms with Gasteiger partial charge in [0.25, 0.3) is 5.91 Å². The maximum Gasteiger partial charge on any atom is 0.270 e. The van der Waals surface area contributed by atoms with Crippen LogP contribution in [0.2, 0.25) is 0 Å². The lowest BCUT2D eigenvalue weighted by atomic mass is 10.0. The second-order valence-electron chi connectivity index (χ2n) is 6.17. The van der Waals surface area contributed by atoms with Gasteiger partial charge < -0.3 is 15.8 Å². The first-order valence-electron chi connectivity index (χ1n) is 8.38.